The molecule has 2 nitrogen and oxygen atoms in total. The highest BCUT2D eigenvalue weighted by atomic mass is 35.5. The van der Waals surface area contributed by atoms with Crippen molar-refractivity contribution in [3.05, 3.63) is 33.8 Å². The SMILES string of the molecule is CC1(C(O)C(CN)c2ccc(Cl)c(Cl)c2)CCCCC1. The second-order valence-corrected chi connectivity index (χ2v) is 6.99. The minimum absolute atomic E-state index is 0.0472. The molecule has 2 rings (SSSR count). The molecule has 1 saturated carbocycles. The van der Waals surface area contributed by atoms with Gasteiger partial charge in [0.15, 0.2) is 0 Å². The largest absolute Gasteiger partial charge is 0.392 e. The second-order valence-electron chi connectivity index (χ2n) is 6.18. The topological polar surface area (TPSA) is 46.2 Å². The fraction of sp³-hybridized carbons (Fsp3) is 0.625. The first kappa shape index (κ1) is 16.1. The van der Waals surface area contributed by atoms with Crippen molar-refractivity contribution in [3.8, 4) is 0 Å². The molecule has 0 amide bonds. The lowest BCUT2D eigenvalue weighted by Crippen LogP contribution is -2.41. The van der Waals surface area contributed by atoms with E-state index in [1.165, 1.54) is 19.3 Å². The summed E-state index contributed by atoms with van der Waals surface area (Å²) in [7, 11) is 0. The van der Waals surface area contributed by atoms with Gasteiger partial charge in [-0.05, 0) is 36.0 Å². The third-order valence-electron chi connectivity index (χ3n) is 4.72. The van der Waals surface area contributed by atoms with Gasteiger partial charge in [-0.1, -0.05) is 55.5 Å². The Morgan fingerprint density at radius 1 is 1.20 bits per heavy atom. The van der Waals surface area contributed by atoms with E-state index in [2.05, 4.69) is 6.92 Å². The summed E-state index contributed by atoms with van der Waals surface area (Å²) >= 11 is 12.0. The fourth-order valence-corrected chi connectivity index (χ4v) is 3.64. The van der Waals surface area contributed by atoms with Gasteiger partial charge in [-0.3, -0.25) is 0 Å². The van der Waals surface area contributed by atoms with E-state index in [1.54, 1.807) is 6.07 Å². The van der Waals surface area contributed by atoms with Gasteiger partial charge in [0.2, 0.25) is 0 Å². The Labute approximate surface area is 131 Å². The molecule has 1 aromatic rings. The van der Waals surface area contributed by atoms with E-state index in [1.807, 2.05) is 12.1 Å². The number of aliphatic hydroxyl groups excluding tert-OH is 1. The highest BCUT2D eigenvalue weighted by Crippen LogP contribution is 2.43. The molecule has 0 aromatic heterocycles. The molecule has 2 unspecified atom stereocenters. The van der Waals surface area contributed by atoms with Gasteiger partial charge in [0.1, 0.15) is 0 Å². The first-order chi connectivity index (χ1) is 9.48. The van der Waals surface area contributed by atoms with Gasteiger partial charge >= 0.3 is 0 Å². The number of benzene rings is 1. The zero-order valence-electron chi connectivity index (χ0n) is 11.9. The van der Waals surface area contributed by atoms with Crippen molar-refractivity contribution >= 4 is 23.2 Å². The van der Waals surface area contributed by atoms with Crippen LogP contribution in [0, 0.1) is 5.41 Å². The fourth-order valence-electron chi connectivity index (χ4n) is 3.33. The van der Waals surface area contributed by atoms with Crippen molar-refractivity contribution in [3.63, 3.8) is 0 Å². The number of nitrogens with two attached hydrogens (primary N) is 1. The molecule has 4 heteroatoms. The Morgan fingerprint density at radius 3 is 2.40 bits per heavy atom. The lowest BCUT2D eigenvalue weighted by Gasteiger charge is -2.41. The van der Waals surface area contributed by atoms with Crippen molar-refractivity contribution in [2.45, 2.75) is 51.0 Å². The van der Waals surface area contributed by atoms with Crippen molar-refractivity contribution in [2.24, 2.45) is 11.1 Å². The third kappa shape index (κ3) is 3.30. The van der Waals surface area contributed by atoms with Crippen LogP contribution in [-0.2, 0) is 0 Å². The molecule has 0 bridgehead atoms. The molecule has 2 atom stereocenters. The molecule has 1 aromatic carbocycles. The van der Waals surface area contributed by atoms with Crippen LogP contribution in [0.1, 0.15) is 50.5 Å². The van der Waals surface area contributed by atoms with Crippen LogP contribution in [0.3, 0.4) is 0 Å². The average Bonchev–Trinajstić information content (AvgIpc) is 2.44. The lowest BCUT2D eigenvalue weighted by atomic mass is 9.67. The summed E-state index contributed by atoms with van der Waals surface area (Å²) in [5.74, 6) is -0.0899. The van der Waals surface area contributed by atoms with Gasteiger partial charge in [-0.2, -0.15) is 0 Å². The van der Waals surface area contributed by atoms with E-state index >= 15 is 0 Å². The molecular formula is C16H23Cl2NO. The molecule has 0 aliphatic heterocycles. The molecule has 1 aliphatic carbocycles. The van der Waals surface area contributed by atoms with Crippen LogP contribution in [-0.4, -0.2) is 17.8 Å². The zero-order valence-corrected chi connectivity index (χ0v) is 13.4. The highest BCUT2D eigenvalue weighted by Gasteiger charge is 2.39. The van der Waals surface area contributed by atoms with E-state index in [0.717, 1.165) is 18.4 Å². The molecule has 1 aliphatic rings. The van der Waals surface area contributed by atoms with Gasteiger partial charge in [0, 0.05) is 12.5 Å². The van der Waals surface area contributed by atoms with Gasteiger partial charge in [-0.25, -0.2) is 0 Å². The summed E-state index contributed by atoms with van der Waals surface area (Å²) in [6, 6.07) is 5.52. The Bertz CT molecular complexity index is 458. The van der Waals surface area contributed by atoms with Crippen molar-refractivity contribution in [1.29, 1.82) is 0 Å². The van der Waals surface area contributed by atoms with Gasteiger partial charge < -0.3 is 10.8 Å². The standard InChI is InChI=1S/C16H23Cl2NO/c1-16(7-3-2-4-8-16)15(20)12(10-19)11-5-6-13(17)14(18)9-11/h5-6,9,12,15,20H,2-4,7-8,10,19H2,1H3. The average molecular weight is 316 g/mol. The molecule has 20 heavy (non-hydrogen) atoms. The molecule has 3 N–H and O–H groups in total. The maximum absolute atomic E-state index is 10.9. The minimum Gasteiger partial charge on any atom is -0.392 e. The van der Waals surface area contributed by atoms with E-state index in [-0.39, 0.29) is 11.3 Å². The summed E-state index contributed by atoms with van der Waals surface area (Å²) in [5.41, 5.74) is 6.85. The minimum atomic E-state index is -0.440. The van der Waals surface area contributed by atoms with E-state index in [4.69, 9.17) is 28.9 Å². The van der Waals surface area contributed by atoms with Gasteiger partial charge in [0.25, 0.3) is 0 Å². The van der Waals surface area contributed by atoms with Crippen molar-refractivity contribution < 1.29 is 5.11 Å². The van der Waals surface area contributed by atoms with Crippen LogP contribution < -0.4 is 5.73 Å². The van der Waals surface area contributed by atoms with Crippen LogP contribution in [0.2, 0.25) is 10.0 Å². The maximum Gasteiger partial charge on any atom is 0.0674 e. The monoisotopic (exact) mass is 315 g/mol. The first-order valence-electron chi connectivity index (χ1n) is 7.31. The zero-order chi connectivity index (χ0) is 14.8. The molecule has 0 radical (unpaired) electrons. The summed E-state index contributed by atoms with van der Waals surface area (Å²) in [5, 5.41) is 11.9. The number of rotatable bonds is 4. The summed E-state index contributed by atoms with van der Waals surface area (Å²) in [6.07, 6.45) is 5.32. The first-order valence-corrected chi connectivity index (χ1v) is 8.06. The van der Waals surface area contributed by atoms with E-state index < -0.39 is 6.10 Å². The second kappa shape index (κ2) is 6.65. The van der Waals surface area contributed by atoms with Gasteiger partial charge in [0.05, 0.1) is 16.1 Å². The molecule has 0 spiro atoms. The smallest absolute Gasteiger partial charge is 0.0674 e. The lowest BCUT2D eigenvalue weighted by molar-refractivity contribution is -0.00749. The van der Waals surface area contributed by atoms with Crippen molar-refractivity contribution in [1.82, 2.24) is 0 Å². The third-order valence-corrected chi connectivity index (χ3v) is 5.46. The Balaban J connectivity index is 2.24. The Hall–Kier alpha value is -0.280. The Morgan fingerprint density at radius 2 is 1.85 bits per heavy atom. The predicted octanol–water partition coefficient (Wildman–Crippen LogP) is 4.37. The quantitative estimate of drug-likeness (QED) is 0.866. The molecule has 1 fully saturated rings. The number of halogens is 2. The maximum atomic E-state index is 10.9. The number of aliphatic hydroxyl groups is 1. The number of hydrogen-bond donors (Lipinski definition) is 2. The molecular weight excluding hydrogens is 293 g/mol. The summed E-state index contributed by atoms with van der Waals surface area (Å²) < 4.78 is 0. The van der Waals surface area contributed by atoms with Crippen molar-refractivity contribution in [2.75, 3.05) is 6.54 Å². The van der Waals surface area contributed by atoms with Crippen LogP contribution >= 0.6 is 23.2 Å². The van der Waals surface area contributed by atoms with Crippen LogP contribution in [0.5, 0.6) is 0 Å². The normalized spacial score (nSPS) is 21.4. The van der Waals surface area contributed by atoms with Gasteiger partial charge in [-0.15, -0.1) is 0 Å². The molecule has 112 valence electrons. The molecule has 0 heterocycles. The molecule has 0 saturated heterocycles. The van der Waals surface area contributed by atoms with E-state index in [0.29, 0.717) is 16.6 Å². The Kier molecular flexibility index (Phi) is 5.36. The highest BCUT2D eigenvalue weighted by molar-refractivity contribution is 6.42. The van der Waals surface area contributed by atoms with Crippen LogP contribution in [0.15, 0.2) is 18.2 Å². The summed E-state index contributed by atoms with van der Waals surface area (Å²) in [4.78, 5) is 0. The predicted molar refractivity (Wildman–Crippen MR) is 85.5 cm³/mol. The summed E-state index contributed by atoms with van der Waals surface area (Å²) in [6.45, 7) is 2.59. The number of hydrogen-bond acceptors (Lipinski definition) is 2. The van der Waals surface area contributed by atoms with Crippen LogP contribution in [0.25, 0.3) is 0 Å². The van der Waals surface area contributed by atoms with Crippen LogP contribution in [0.4, 0.5) is 0 Å². The van der Waals surface area contributed by atoms with E-state index in [9.17, 15) is 5.11 Å².